The zero-order chi connectivity index (χ0) is 16.2. The summed E-state index contributed by atoms with van der Waals surface area (Å²) in [6.45, 7) is 3.83. The molecule has 116 valence electrons. The molecule has 0 amide bonds. The van der Waals surface area contributed by atoms with Crippen molar-refractivity contribution in [1.82, 2.24) is 4.31 Å². The molecule has 21 heavy (non-hydrogen) atoms. The summed E-state index contributed by atoms with van der Waals surface area (Å²) in [4.78, 5) is -0.564. The molecule has 0 atom stereocenters. The summed E-state index contributed by atoms with van der Waals surface area (Å²) < 4.78 is 40.2. The van der Waals surface area contributed by atoms with Crippen molar-refractivity contribution in [3.63, 3.8) is 0 Å². The fraction of sp³-hybridized carbons (Fsp3) is 0.462. The molecule has 0 bridgehead atoms. The van der Waals surface area contributed by atoms with Crippen LogP contribution in [0.4, 0.5) is 10.1 Å². The molecule has 1 rings (SSSR count). The van der Waals surface area contributed by atoms with Crippen LogP contribution in [-0.4, -0.2) is 25.8 Å². The molecule has 0 aromatic heterocycles. The number of hydrogen-bond donors (Lipinski definition) is 1. The predicted octanol–water partition coefficient (Wildman–Crippen LogP) is 2.62. The van der Waals surface area contributed by atoms with Crippen LogP contribution >= 0.6 is 11.6 Å². The van der Waals surface area contributed by atoms with Crippen LogP contribution in [0.2, 0.25) is 5.02 Å². The maximum absolute atomic E-state index is 14.0. The topological polar surface area (TPSA) is 87.2 Å². The summed E-state index contributed by atoms with van der Waals surface area (Å²) >= 11 is 5.76. The van der Waals surface area contributed by atoms with Crippen molar-refractivity contribution in [1.29, 1.82) is 5.26 Å². The number of halogens is 2. The molecule has 0 fully saturated rings. The first-order valence-electron chi connectivity index (χ1n) is 6.31. The molecule has 0 aliphatic carbocycles. The van der Waals surface area contributed by atoms with Crippen molar-refractivity contribution in [2.75, 3.05) is 18.8 Å². The van der Waals surface area contributed by atoms with Crippen molar-refractivity contribution in [3.05, 3.63) is 23.0 Å². The molecule has 0 aliphatic heterocycles. The first-order valence-corrected chi connectivity index (χ1v) is 8.13. The highest BCUT2D eigenvalue weighted by atomic mass is 35.5. The Balaban J connectivity index is 3.32. The lowest BCUT2D eigenvalue weighted by Gasteiger charge is -2.23. The fourth-order valence-electron chi connectivity index (χ4n) is 1.80. The fourth-order valence-corrected chi connectivity index (χ4v) is 3.82. The number of nitrogen functional groups attached to an aromatic ring is 1. The zero-order valence-electron chi connectivity index (χ0n) is 11.8. The first kappa shape index (κ1) is 17.7. The third-order valence-corrected chi connectivity index (χ3v) is 4.77. The summed E-state index contributed by atoms with van der Waals surface area (Å²) in [5.41, 5.74) is 5.10. The van der Waals surface area contributed by atoms with Gasteiger partial charge in [-0.05, 0) is 18.1 Å². The molecule has 0 unspecified atom stereocenters. The van der Waals surface area contributed by atoms with Crippen molar-refractivity contribution >= 4 is 27.3 Å². The van der Waals surface area contributed by atoms with Crippen LogP contribution in [0.5, 0.6) is 0 Å². The first-order chi connectivity index (χ1) is 9.70. The van der Waals surface area contributed by atoms with E-state index in [1.807, 2.05) is 19.9 Å². The van der Waals surface area contributed by atoms with Gasteiger partial charge in [-0.2, -0.15) is 9.57 Å². The predicted molar refractivity (Wildman–Crippen MR) is 79.6 cm³/mol. The molecule has 0 spiro atoms. The number of sulfonamides is 1. The van der Waals surface area contributed by atoms with Crippen molar-refractivity contribution in [3.8, 4) is 6.07 Å². The molecule has 0 aliphatic rings. The number of nitrogens with two attached hydrogens (primary N) is 1. The van der Waals surface area contributed by atoms with Gasteiger partial charge in [0.05, 0.1) is 11.8 Å². The minimum atomic E-state index is -4.10. The van der Waals surface area contributed by atoms with Gasteiger partial charge in [0.2, 0.25) is 10.0 Å². The summed E-state index contributed by atoms with van der Waals surface area (Å²) in [5, 5.41) is 8.68. The highest BCUT2D eigenvalue weighted by molar-refractivity contribution is 7.89. The number of nitriles is 1. The Morgan fingerprint density at radius 2 is 2.10 bits per heavy atom. The summed E-state index contributed by atoms with van der Waals surface area (Å²) in [5.74, 6) is -0.997. The lowest BCUT2D eigenvalue weighted by molar-refractivity contribution is 0.371. The Labute approximate surface area is 129 Å². The Hall–Kier alpha value is -1.36. The molecule has 5 nitrogen and oxygen atoms in total. The van der Waals surface area contributed by atoms with Gasteiger partial charge in [0.1, 0.15) is 4.90 Å². The Kier molecular flexibility index (Phi) is 5.96. The van der Waals surface area contributed by atoms with Gasteiger partial charge in [0.25, 0.3) is 0 Å². The Bertz CT molecular complexity index is 656. The van der Waals surface area contributed by atoms with Gasteiger partial charge in [-0.1, -0.05) is 25.4 Å². The van der Waals surface area contributed by atoms with Crippen molar-refractivity contribution < 1.29 is 12.8 Å². The lowest BCUT2D eigenvalue weighted by atomic mass is 10.2. The summed E-state index contributed by atoms with van der Waals surface area (Å²) in [7, 11) is -4.10. The van der Waals surface area contributed by atoms with Gasteiger partial charge >= 0.3 is 0 Å². The Morgan fingerprint density at radius 1 is 1.48 bits per heavy atom. The van der Waals surface area contributed by atoms with Gasteiger partial charge in [-0.15, -0.1) is 0 Å². The zero-order valence-corrected chi connectivity index (χ0v) is 13.4. The second kappa shape index (κ2) is 7.07. The van der Waals surface area contributed by atoms with E-state index in [4.69, 9.17) is 22.6 Å². The Morgan fingerprint density at radius 3 is 2.62 bits per heavy atom. The molecule has 0 saturated heterocycles. The van der Waals surface area contributed by atoms with Crippen molar-refractivity contribution in [2.45, 2.75) is 25.2 Å². The monoisotopic (exact) mass is 333 g/mol. The van der Waals surface area contributed by atoms with Crippen LogP contribution < -0.4 is 5.73 Å². The smallest absolute Gasteiger partial charge is 0.246 e. The van der Waals surface area contributed by atoms with E-state index in [-0.39, 0.29) is 36.1 Å². The third-order valence-electron chi connectivity index (χ3n) is 2.69. The number of benzene rings is 1. The minimum absolute atomic E-state index is 0.0110. The summed E-state index contributed by atoms with van der Waals surface area (Å²) in [6.07, 6.45) is 0.0175. The minimum Gasteiger partial charge on any atom is -0.396 e. The maximum Gasteiger partial charge on any atom is 0.246 e. The van der Waals surface area contributed by atoms with E-state index < -0.39 is 20.7 Å². The van der Waals surface area contributed by atoms with Crippen LogP contribution in [0, 0.1) is 23.1 Å². The average molecular weight is 334 g/mol. The maximum atomic E-state index is 14.0. The van der Waals surface area contributed by atoms with Gasteiger partial charge in [-0.25, -0.2) is 12.8 Å². The van der Waals surface area contributed by atoms with Crippen LogP contribution in [0.25, 0.3) is 0 Å². The van der Waals surface area contributed by atoms with Crippen molar-refractivity contribution in [2.24, 2.45) is 5.92 Å². The van der Waals surface area contributed by atoms with E-state index in [2.05, 4.69) is 0 Å². The molecule has 0 radical (unpaired) electrons. The third kappa shape index (κ3) is 4.30. The molecule has 0 saturated carbocycles. The highest BCUT2D eigenvalue weighted by Crippen LogP contribution is 2.28. The number of rotatable bonds is 6. The largest absolute Gasteiger partial charge is 0.396 e. The van der Waals surface area contributed by atoms with E-state index in [0.29, 0.717) is 0 Å². The number of hydrogen-bond acceptors (Lipinski definition) is 4. The molecule has 2 N–H and O–H groups in total. The average Bonchev–Trinajstić information content (AvgIpc) is 2.38. The second-order valence-electron chi connectivity index (χ2n) is 4.97. The molecular formula is C13H17ClFN3O2S. The van der Waals surface area contributed by atoms with Crippen LogP contribution in [0.1, 0.15) is 20.3 Å². The van der Waals surface area contributed by atoms with Crippen LogP contribution in [0.3, 0.4) is 0 Å². The molecule has 1 aromatic carbocycles. The second-order valence-corrected chi connectivity index (χ2v) is 7.31. The molecule has 8 heteroatoms. The van der Waals surface area contributed by atoms with E-state index in [1.54, 1.807) is 0 Å². The van der Waals surface area contributed by atoms with E-state index in [9.17, 15) is 12.8 Å². The number of anilines is 1. The quantitative estimate of drug-likeness (QED) is 0.810. The number of nitrogens with zero attached hydrogens (tertiary/aromatic N) is 2. The lowest BCUT2D eigenvalue weighted by Crippen LogP contribution is -2.35. The van der Waals surface area contributed by atoms with E-state index >= 15 is 0 Å². The summed E-state index contributed by atoms with van der Waals surface area (Å²) in [6, 6.07) is 4.06. The van der Waals surface area contributed by atoms with Crippen LogP contribution in [-0.2, 0) is 10.0 Å². The van der Waals surface area contributed by atoms with Gasteiger partial charge < -0.3 is 5.73 Å². The van der Waals surface area contributed by atoms with Crippen LogP contribution in [0.15, 0.2) is 17.0 Å². The van der Waals surface area contributed by atoms with E-state index in [0.717, 1.165) is 16.4 Å². The molecule has 0 heterocycles. The SMILES string of the molecule is CC(C)CN(CCC#N)S(=O)(=O)c1cc(Cl)cc(N)c1F. The highest BCUT2D eigenvalue weighted by Gasteiger charge is 2.29. The molecule has 1 aromatic rings. The van der Waals surface area contributed by atoms with E-state index in [1.165, 1.54) is 0 Å². The normalized spacial score (nSPS) is 11.9. The molecular weight excluding hydrogens is 317 g/mol. The van der Waals surface area contributed by atoms with Gasteiger partial charge in [-0.3, -0.25) is 0 Å². The van der Waals surface area contributed by atoms with Gasteiger partial charge in [0, 0.05) is 24.5 Å². The van der Waals surface area contributed by atoms with Gasteiger partial charge in [0.15, 0.2) is 5.82 Å². The standard InChI is InChI=1S/C13H17ClFN3O2S/c1-9(2)8-18(5-3-4-16)21(19,20)12-7-10(14)6-11(17)13(12)15/h6-7,9H,3,5,8,17H2,1-2H3.